The largest absolute Gasteiger partial charge is 0.278 e. The quantitative estimate of drug-likeness (QED) is 0.579. The maximum absolute atomic E-state index is 13.5. The van der Waals surface area contributed by atoms with E-state index < -0.39 is 36.5 Å². The maximum atomic E-state index is 13.5. The Balaban J connectivity index is 3.30. The van der Waals surface area contributed by atoms with E-state index in [1.54, 1.807) is 10.3 Å². The summed E-state index contributed by atoms with van der Waals surface area (Å²) in [4.78, 5) is 11.0. The Kier molecular flexibility index (Phi) is 4.28. The molecule has 0 fully saturated rings. The highest BCUT2D eigenvalue weighted by Crippen LogP contribution is 2.19. The second-order valence-electron chi connectivity index (χ2n) is 3.65. The Hall–Kier alpha value is -1.52. The van der Waals surface area contributed by atoms with Crippen LogP contribution >= 0.6 is 0 Å². The second kappa shape index (κ2) is 5.23. The predicted octanol–water partition coefficient (Wildman–Crippen LogP) is -0.441. The number of carbonyl (C=O) groups excluding carboxylic acids is 1. The SMILES string of the molecule is CC(=O)NNS(=O)(=O)c1cc(S(C)(=O)=O)ccc1F. The Morgan fingerprint density at radius 3 is 2.26 bits per heavy atom. The van der Waals surface area contributed by atoms with E-state index in [9.17, 15) is 26.0 Å². The number of hydrogen-bond donors (Lipinski definition) is 2. The number of sulfonamides is 1. The average molecular weight is 310 g/mol. The van der Waals surface area contributed by atoms with Gasteiger partial charge in [0.2, 0.25) is 5.91 Å². The molecular weight excluding hydrogens is 299 g/mol. The van der Waals surface area contributed by atoms with Crippen molar-refractivity contribution in [2.45, 2.75) is 16.7 Å². The third-order valence-corrected chi connectivity index (χ3v) is 4.35. The van der Waals surface area contributed by atoms with Gasteiger partial charge in [-0.05, 0) is 18.2 Å². The molecular formula is C9H11FN2O5S2. The van der Waals surface area contributed by atoms with Crippen molar-refractivity contribution >= 4 is 25.8 Å². The summed E-state index contributed by atoms with van der Waals surface area (Å²) >= 11 is 0. The second-order valence-corrected chi connectivity index (χ2v) is 7.32. The fourth-order valence-corrected chi connectivity index (χ4v) is 2.83. The maximum Gasteiger partial charge on any atom is 0.260 e. The molecule has 7 nitrogen and oxygen atoms in total. The number of hydrogen-bond acceptors (Lipinski definition) is 5. The molecule has 1 aromatic rings. The molecule has 10 heteroatoms. The molecule has 106 valence electrons. The Labute approximate surface area is 109 Å². The monoisotopic (exact) mass is 310 g/mol. The van der Waals surface area contributed by atoms with E-state index in [0.717, 1.165) is 25.3 Å². The summed E-state index contributed by atoms with van der Waals surface area (Å²) in [5, 5.41) is 0. The first-order valence-electron chi connectivity index (χ1n) is 4.82. The first-order valence-corrected chi connectivity index (χ1v) is 8.19. The van der Waals surface area contributed by atoms with Crippen LogP contribution in [0.4, 0.5) is 4.39 Å². The molecule has 1 amide bonds. The molecule has 1 aromatic carbocycles. The van der Waals surface area contributed by atoms with Crippen LogP contribution in [-0.4, -0.2) is 29.0 Å². The number of halogens is 1. The zero-order chi connectivity index (χ0) is 14.8. The lowest BCUT2D eigenvalue weighted by Crippen LogP contribution is -2.40. The van der Waals surface area contributed by atoms with Gasteiger partial charge in [0, 0.05) is 13.2 Å². The van der Waals surface area contributed by atoms with E-state index in [0.29, 0.717) is 6.07 Å². The molecule has 0 heterocycles. The van der Waals surface area contributed by atoms with Gasteiger partial charge < -0.3 is 0 Å². The zero-order valence-corrected chi connectivity index (χ0v) is 11.6. The van der Waals surface area contributed by atoms with E-state index in [2.05, 4.69) is 0 Å². The number of carbonyl (C=O) groups is 1. The standard InChI is InChI=1S/C9H11FN2O5S2/c1-6(13)11-12-19(16,17)9-5-7(18(2,14)15)3-4-8(9)10/h3-5,12H,1-2H3,(H,11,13). The molecule has 1 rings (SSSR count). The average Bonchev–Trinajstić information content (AvgIpc) is 2.25. The summed E-state index contributed by atoms with van der Waals surface area (Å²) in [6.45, 7) is 1.05. The normalized spacial score (nSPS) is 12.2. The van der Waals surface area contributed by atoms with Crippen molar-refractivity contribution in [3.63, 3.8) is 0 Å². The highest BCUT2D eigenvalue weighted by Gasteiger charge is 2.22. The predicted molar refractivity (Wildman–Crippen MR) is 63.6 cm³/mol. The molecule has 0 aliphatic rings. The molecule has 0 radical (unpaired) electrons. The lowest BCUT2D eigenvalue weighted by atomic mass is 10.3. The van der Waals surface area contributed by atoms with Gasteiger partial charge in [-0.3, -0.25) is 10.2 Å². The third-order valence-electron chi connectivity index (χ3n) is 1.98. The Bertz CT molecular complexity index is 712. The first kappa shape index (κ1) is 15.5. The van der Waals surface area contributed by atoms with Crippen molar-refractivity contribution in [2.24, 2.45) is 0 Å². The van der Waals surface area contributed by atoms with E-state index in [4.69, 9.17) is 0 Å². The van der Waals surface area contributed by atoms with Gasteiger partial charge in [-0.1, -0.05) is 0 Å². The minimum Gasteiger partial charge on any atom is -0.278 e. The number of amides is 1. The van der Waals surface area contributed by atoms with Crippen LogP contribution in [0.5, 0.6) is 0 Å². The lowest BCUT2D eigenvalue weighted by molar-refractivity contribution is -0.119. The lowest BCUT2D eigenvalue weighted by Gasteiger charge is -2.08. The van der Waals surface area contributed by atoms with Crippen molar-refractivity contribution in [1.29, 1.82) is 0 Å². The molecule has 0 saturated carbocycles. The Morgan fingerprint density at radius 2 is 1.79 bits per heavy atom. The molecule has 0 spiro atoms. The van der Waals surface area contributed by atoms with Gasteiger partial charge in [0.05, 0.1) is 4.90 Å². The van der Waals surface area contributed by atoms with Gasteiger partial charge in [-0.15, -0.1) is 4.83 Å². The smallest absolute Gasteiger partial charge is 0.260 e. The van der Waals surface area contributed by atoms with Gasteiger partial charge >= 0.3 is 0 Å². The molecule has 0 atom stereocenters. The van der Waals surface area contributed by atoms with Crippen LogP contribution in [-0.2, 0) is 24.7 Å². The van der Waals surface area contributed by atoms with E-state index in [1.807, 2.05) is 0 Å². The highest BCUT2D eigenvalue weighted by molar-refractivity contribution is 7.91. The van der Waals surface area contributed by atoms with E-state index in [-0.39, 0.29) is 4.90 Å². The Morgan fingerprint density at radius 1 is 1.21 bits per heavy atom. The van der Waals surface area contributed by atoms with Crippen molar-refractivity contribution in [3.8, 4) is 0 Å². The van der Waals surface area contributed by atoms with Gasteiger partial charge in [0.15, 0.2) is 9.84 Å². The molecule has 0 aromatic heterocycles. The first-order chi connectivity index (χ1) is 8.54. The van der Waals surface area contributed by atoms with Crippen LogP contribution in [0.3, 0.4) is 0 Å². The summed E-state index contributed by atoms with van der Waals surface area (Å²) in [6, 6.07) is 2.34. The van der Waals surface area contributed by atoms with Crippen LogP contribution in [0.25, 0.3) is 0 Å². The summed E-state index contributed by atoms with van der Waals surface area (Å²) in [5.41, 5.74) is 1.78. The molecule has 2 N–H and O–H groups in total. The molecule has 0 bridgehead atoms. The molecule has 0 aliphatic heterocycles. The van der Waals surface area contributed by atoms with Crippen molar-refractivity contribution in [3.05, 3.63) is 24.0 Å². The van der Waals surface area contributed by atoms with Crippen molar-refractivity contribution in [1.82, 2.24) is 10.3 Å². The molecule has 0 aliphatic carbocycles. The van der Waals surface area contributed by atoms with Gasteiger partial charge in [0.25, 0.3) is 10.0 Å². The number of hydrazine groups is 1. The van der Waals surface area contributed by atoms with Crippen LogP contribution in [0.15, 0.2) is 28.0 Å². The number of benzene rings is 1. The van der Waals surface area contributed by atoms with Crippen molar-refractivity contribution in [2.75, 3.05) is 6.26 Å². The van der Waals surface area contributed by atoms with Gasteiger partial charge in [0.1, 0.15) is 10.7 Å². The number of rotatable bonds is 4. The van der Waals surface area contributed by atoms with Crippen molar-refractivity contribution < 1.29 is 26.0 Å². The summed E-state index contributed by atoms with van der Waals surface area (Å²) < 4.78 is 59.4. The minimum absolute atomic E-state index is 0.350. The summed E-state index contributed by atoms with van der Waals surface area (Å²) in [5.74, 6) is -1.84. The molecule has 0 saturated heterocycles. The van der Waals surface area contributed by atoms with Crippen LogP contribution in [0.1, 0.15) is 6.92 Å². The fourth-order valence-electron chi connectivity index (χ4n) is 1.11. The summed E-state index contributed by atoms with van der Waals surface area (Å²) in [7, 11) is -8.07. The van der Waals surface area contributed by atoms with Crippen LogP contribution in [0, 0.1) is 5.82 Å². The minimum atomic E-state index is -4.39. The zero-order valence-electron chi connectivity index (χ0n) is 9.97. The summed E-state index contributed by atoms with van der Waals surface area (Å²) in [6.07, 6.45) is 0.859. The van der Waals surface area contributed by atoms with Gasteiger partial charge in [-0.2, -0.15) is 0 Å². The van der Waals surface area contributed by atoms with E-state index >= 15 is 0 Å². The number of nitrogens with one attached hydrogen (secondary N) is 2. The third kappa shape index (κ3) is 3.98. The highest BCUT2D eigenvalue weighted by atomic mass is 32.2. The molecule has 19 heavy (non-hydrogen) atoms. The van der Waals surface area contributed by atoms with E-state index in [1.165, 1.54) is 0 Å². The van der Waals surface area contributed by atoms with Crippen LogP contribution < -0.4 is 10.3 Å². The van der Waals surface area contributed by atoms with Gasteiger partial charge in [-0.25, -0.2) is 21.2 Å². The fraction of sp³-hybridized carbons (Fsp3) is 0.222. The molecule has 0 unspecified atom stereocenters. The van der Waals surface area contributed by atoms with Crippen LogP contribution in [0.2, 0.25) is 0 Å². The number of sulfone groups is 1. The topological polar surface area (TPSA) is 109 Å².